The summed E-state index contributed by atoms with van der Waals surface area (Å²) in [6.07, 6.45) is 0.529. The minimum atomic E-state index is -4.56. The van der Waals surface area contributed by atoms with Crippen LogP contribution in [-0.2, 0) is 24.0 Å². The number of halogens is 3. The van der Waals surface area contributed by atoms with Crippen molar-refractivity contribution in [3.63, 3.8) is 0 Å². The number of amides is 1. The Labute approximate surface area is 183 Å². The second kappa shape index (κ2) is 9.33. The number of carbonyl (C=O) groups excluding carboxylic acids is 1. The zero-order chi connectivity index (χ0) is 22.6. The van der Waals surface area contributed by atoms with Gasteiger partial charge >= 0.3 is 11.6 Å². The average Bonchev–Trinajstić information content (AvgIpc) is 2.88. The van der Waals surface area contributed by atoms with E-state index in [4.69, 9.17) is 8.92 Å². The normalized spacial score (nSPS) is 14.6. The van der Waals surface area contributed by atoms with E-state index >= 15 is 0 Å². The number of alkyl halides is 3. The number of ether oxygens (including phenoxy) is 1. The molecule has 31 heavy (non-hydrogen) atoms. The molecule has 1 aliphatic heterocycles. The molecular formula is C21H24F3N3O3S. The highest BCUT2D eigenvalue weighted by Crippen LogP contribution is 2.34. The highest BCUT2D eigenvalue weighted by Gasteiger charge is 2.33. The van der Waals surface area contributed by atoms with Gasteiger partial charge in [-0.3, -0.25) is 0 Å². The number of hydrogen-bond acceptors (Lipinski definition) is 6. The molecule has 0 spiro atoms. The van der Waals surface area contributed by atoms with Crippen LogP contribution < -0.4 is 4.18 Å². The summed E-state index contributed by atoms with van der Waals surface area (Å²) in [6, 6.07) is 9.40. The van der Waals surface area contributed by atoms with Gasteiger partial charge < -0.3 is 13.8 Å². The first-order valence-electron chi connectivity index (χ1n) is 9.83. The molecule has 6 nitrogen and oxygen atoms in total. The Balaban J connectivity index is 1.86. The van der Waals surface area contributed by atoms with Crippen LogP contribution >= 0.6 is 12.0 Å². The molecule has 1 aromatic heterocycles. The molecule has 1 aliphatic rings. The van der Waals surface area contributed by atoms with E-state index in [-0.39, 0.29) is 18.8 Å². The van der Waals surface area contributed by atoms with Crippen molar-refractivity contribution in [1.82, 2.24) is 14.9 Å². The number of carbonyl (C=O) groups is 1. The van der Waals surface area contributed by atoms with E-state index in [2.05, 4.69) is 9.97 Å². The lowest BCUT2D eigenvalue weighted by Gasteiger charge is -2.26. The minimum Gasteiger partial charge on any atom is -0.444 e. The summed E-state index contributed by atoms with van der Waals surface area (Å²) in [5.41, 5.74) is -3.20. The quantitative estimate of drug-likeness (QED) is 0.608. The molecular weight excluding hydrogens is 431 g/mol. The monoisotopic (exact) mass is 455 g/mol. The molecule has 0 N–H and O–H groups in total. The number of nitrogens with zero attached hydrogens (tertiary/aromatic N) is 3. The van der Waals surface area contributed by atoms with Crippen LogP contribution in [0.4, 0.5) is 18.0 Å². The highest BCUT2D eigenvalue weighted by molar-refractivity contribution is 7.95. The number of hydrogen-bond donors (Lipinski definition) is 0. The SMILES string of the molecule is CC(C)(C)OC(=O)N1CCc2nc(Cc3ccccc3)nc(OSC(F)(F)F)c2CC1. The molecule has 10 heteroatoms. The van der Waals surface area contributed by atoms with E-state index in [1.54, 1.807) is 20.8 Å². The summed E-state index contributed by atoms with van der Waals surface area (Å²) < 4.78 is 48.7. The molecule has 0 aliphatic carbocycles. The predicted molar refractivity (Wildman–Crippen MR) is 111 cm³/mol. The molecule has 0 saturated carbocycles. The van der Waals surface area contributed by atoms with E-state index in [0.717, 1.165) is 5.56 Å². The molecule has 0 unspecified atom stereocenters. The molecule has 168 valence electrons. The molecule has 0 fully saturated rings. The fraction of sp³-hybridized carbons (Fsp3) is 0.476. The molecule has 1 amide bonds. The van der Waals surface area contributed by atoms with Gasteiger partial charge in [0.2, 0.25) is 5.88 Å². The molecule has 0 bridgehead atoms. The standard InChI is InChI=1S/C21H24F3N3O3S/c1-20(2,3)29-19(28)27-11-9-15-16(10-12-27)25-17(13-14-7-5-4-6-8-14)26-18(15)30-31-21(22,23)24/h4-8H,9-13H2,1-3H3. The van der Waals surface area contributed by atoms with Crippen molar-refractivity contribution in [2.45, 2.75) is 51.1 Å². The van der Waals surface area contributed by atoms with Gasteiger partial charge in [0.15, 0.2) is 12.0 Å². The smallest absolute Gasteiger partial charge is 0.444 e. The fourth-order valence-corrected chi connectivity index (χ4v) is 3.45. The summed E-state index contributed by atoms with van der Waals surface area (Å²) in [7, 11) is 0. The number of benzene rings is 1. The Morgan fingerprint density at radius 3 is 2.42 bits per heavy atom. The van der Waals surface area contributed by atoms with Crippen molar-refractivity contribution in [3.8, 4) is 5.88 Å². The Hall–Kier alpha value is -2.49. The summed E-state index contributed by atoms with van der Waals surface area (Å²) >= 11 is -0.599. The minimum absolute atomic E-state index is 0.107. The lowest BCUT2D eigenvalue weighted by atomic mass is 10.1. The first-order valence-corrected chi connectivity index (χ1v) is 10.6. The second-order valence-corrected chi connectivity index (χ2v) is 8.91. The van der Waals surface area contributed by atoms with Gasteiger partial charge in [-0.1, -0.05) is 30.3 Å². The van der Waals surface area contributed by atoms with Crippen molar-refractivity contribution in [1.29, 1.82) is 0 Å². The Morgan fingerprint density at radius 2 is 1.77 bits per heavy atom. The zero-order valence-electron chi connectivity index (χ0n) is 17.5. The van der Waals surface area contributed by atoms with Crippen molar-refractivity contribution in [3.05, 3.63) is 53.0 Å². The summed E-state index contributed by atoms with van der Waals surface area (Å²) in [5, 5.41) is 0. The first kappa shape index (κ1) is 23.2. The van der Waals surface area contributed by atoms with Gasteiger partial charge in [-0.15, -0.1) is 0 Å². The Morgan fingerprint density at radius 1 is 1.10 bits per heavy atom. The van der Waals surface area contributed by atoms with Crippen molar-refractivity contribution in [2.24, 2.45) is 0 Å². The van der Waals surface area contributed by atoms with E-state index in [9.17, 15) is 18.0 Å². The summed E-state index contributed by atoms with van der Waals surface area (Å²) in [4.78, 5) is 22.8. The Bertz CT molecular complexity index is 918. The van der Waals surface area contributed by atoms with E-state index in [0.29, 0.717) is 36.5 Å². The predicted octanol–water partition coefficient (Wildman–Crippen LogP) is 4.95. The van der Waals surface area contributed by atoms with Crippen molar-refractivity contribution >= 4 is 18.1 Å². The lowest BCUT2D eigenvalue weighted by Crippen LogP contribution is -2.38. The van der Waals surface area contributed by atoms with Gasteiger partial charge in [0, 0.05) is 31.5 Å². The maximum atomic E-state index is 12.8. The van der Waals surface area contributed by atoms with Gasteiger partial charge in [0.1, 0.15) is 11.4 Å². The van der Waals surface area contributed by atoms with Crippen LogP contribution in [0.3, 0.4) is 0 Å². The third-order valence-corrected chi connectivity index (χ3v) is 4.85. The molecule has 0 atom stereocenters. The van der Waals surface area contributed by atoms with Crippen LogP contribution in [-0.4, -0.2) is 45.2 Å². The van der Waals surface area contributed by atoms with Gasteiger partial charge in [-0.05, 0) is 32.8 Å². The van der Waals surface area contributed by atoms with Crippen molar-refractivity contribution in [2.75, 3.05) is 13.1 Å². The van der Waals surface area contributed by atoms with Crippen molar-refractivity contribution < 1.29 is 26.9 Å². The van der Waals surface area contributed by atoms with Crippen LogP contribution in [0.5, 0.6) is 5.88 Å². The van der Waals surface area contributed by atoms with Crippen LogP contribution in [0.25, 0.3) is 0 Å². The van der Waals surface area contributed by atoms with Gasteiger partial charge in [0.25, 0.3) is 0 Å². The Kier molecular flexibility index (Phi) is 6.98. The fourth-order valence-electron chi connectivity index (χ4n) is 3.14. The largest absolute Gasteiger partial charge is 0.479 e. The third kappa shape index (κ3) is 7.02. The average molecular weight is 456 g/mol. The molecule has 2 aromatic rings. The maximum absolute atomic E-state index is 12.8. The second-order valence-electron chi connectivity index (χ2n) is 8.11. The van der Waals surface area contributed by atoms with Crippen LogP contribution in [0, 0.1) is 0 Å². The van der Waals surface area contributed by atoms with Crippen LogP contribution in [0.2, 0.25) is 0 Å². The van der Waals surface area contributed by atoms with Crippen LogP contribution in [0.15, 0.2) is 30.3 Å². The summed E-state index contributed by atoms with van der Waals surface area (Å²) in [6.45, 7) is 5.95. The highest BCUT2D eigenvalue weighted by atomic mass is 32.2. The van der Waals surface area contributed by atoms with E-state index in [1.165, 1.54) is 4.90 Å². The topological polar surface area (TPSA) is 64.5 Å². The maximum Gasteiger partial charge on any atom is 0.479 e. The van der Waals surface area contributed by atoms with Gasteiger partial charge in [-0.25, -0.2) is 9.78 Å². The molecule has 1 aromatic carbocycles. The zero-order valence-corrected chi connectivity index (χ0v) is 18.3. The van der Waals surface area contributed by atoms with Crippen LogP contribution in [0.1, 0.15) is 43.4 Å². The molecule has 2 heterocycles. The van der Waals surface area contributed by atoms with E-state index < -0.39 is 29.2 Å². The third-order valence-electron chi connectivity index (χ3n) is 4.42. The first-order chi connectivity index (χ1) is 14.5. The number of rotatable bonds is 4. The number of aromatic nitrogens is 2. The lowest BCUT2D eigenvalue weighted by molar-refractivity contribution is -0.0370. The van der Waals surface area contributed by atoms with Gasteiger partial charge in [-0.2, -0.15) is 18.2 Å². The van der Waals surface area contributed by atoms with Gasteiger partial charge in [0.05, 0.1) is 5.69 Å². The molecule has 3 rings (SSSR count). The molecule has 0 radical (unpaired) electrons. The summed E-state index contributed by atoms with van der Waals surface area (Å²) in [5.74, 6) is 0.262. The number of fused-ring (bicyclic) bond motifs is 1. The van der Waals surface area contributed by atoms with E-state index in [1.807, 2.05) is 30.3 Å². The molecule has 0 saturated heterocycles.